The van der Waals surface area contributed by atoms with Gasteiger partial charge in [0.15, 0.2) is 0 Å². The summed E-state index contributed by atoms with van der Waals surface area (Å²) < 4.78 is 0. The summed E-state index contributed by atoms with van der Waals surface area (Å²) in [6.45, 7) is 1.30. The van der Waals surface area contributed by atoms with Crippen LogP contribution in [-0.4, -0.2) is 13.6 Å². The molecule has 0 heterocycles. The highest BCUT2D eigenvalue weighted by atomic mass is 14.9. The van der Waals surface area contributed by atoms with Crippen molar-refractivity contribution < 1.29 is 0 Å². The third kappa shape index (κ3) is 1.16. The molecule has 0 amide bonds. The van der Waals surface area contributed by atoms with Crippen molar-refractivity contribution in [2.75, 3.05) is 13.6 Å². The van der Waals surface area contributed by atoms with Gasteiger partial charge in [-0.2, -0.15) is 0 Å². The van der Waals surface area contributed by atoms with Gasteiger partial charge in [0.1, 0.15) is 0 Å². The number of hydrogen-bond donors (Lipinski definition) is 1. The Hall–Kier alpha value is -0.0400. The molecule has 90 valence electrons. The van der Waals surface area contributed by atoms with Gasteiger partial charge in [0.25, 0.3) is 0 Å². The first-order chi connectivity index (χ1) is 7.75. The lowest BCUT2D eigenvalue weighted by Crippen LogP contribution is -2.52. The SMILES string of the molecule is CNCC1(C23CC4CC(CC(C4)C2)C3)CC1. The van der Waals surface area contributed by atoms with Gasteiger partial charge < -0.3 is 5.32 Å². The monoisotopic (exact) mass is 219 g/mol. The van der Waals surface area contributed by atoms with Crippen molar-refractivity contribution in [2.45, 2.75) is 51.4 Å². The van der Waals surface area contributed by atoms with Gasteiger partial charge in [-0.3, -0.25) is 0 Å². The maximum absolute atomic E-state index is 3.50. The minimum Gasteiger partial charge on any atom is -0.319 e. The summed E-state index contributed by atoms with van der Waals surface area (Å²) in [4.78, 5) is 0. The topological polar surface area (TPSA) is 12.0 Å². The Morgan fingerprint density at radius 3 is 1.81 bits per heavy atom. The van der Waals surface area contributed by atoms with Crippen molar-refractivity contribution in [1.29, 1.82) is 0 Å². The average molecular weight is 219 g/mol. The molecule has 0 spiro atoms. The van der Waals surface area contributed by atoms with E-state index in [1.165, 1.54) is 19.4 Å². The van der Waals surface area contributed by atoms with Crippen LogP contribution in [0.2, 0.25) is 0 Å². The van der Waals surface area contributed by atoms with E-state index in [0.717, 1.165) is 28.6 Å². The molecule has 4 bridgehead atoms. The molecule has 1 N–H and O–H groups in total. The molecular weight excluding hydrogens is 194 g/mol. The highest BCUT2D eigenvalue weighted by Crippen LogP contribution is 2.72. The van der Waals surface area contributed by atoms with Crippen molar-refractivity contribution in [1.82, 2.24) is 5.32 Å². The molecule has 5 fully saturated rings. The molecule has 0 aliphatic heterocycles. The molecule has 0 radical (unpaired) electrons. The normalized spacial score (nSPS) is 51.9. The van der Waals surface area contributed by atoms with Crippen LogP contribution in [0.15, 0.2) is 0 Å². The van der Waals surface area contributed by atoms with E-state index in [1.54, 1.807) is 38.5 Å². The standard InChI is InChI=1S/C15H25N/c1-16-10-14(2-3-14)15-7-11-4-12(8-15)6-13(5-11)9-15/h11-13,16H,2-10H2,1H3. The average Bonchev–Trinajstić information content (AvgIpc) is 2.97. The smallest absolute Gasteiger partial charge is 0.00101 e. The first-order valence-electron chi connectivity index (χ1n) is 7.40. The van der Waals surface area contributed by atoms with Crippen LogP contribution >= 0.6 is 0 Å². The predicted molar refractivity (Wildman–Crippen MR) is 66.2 cm³/mol. The number of nitrogens with one attached hydrogen (secondary N) is 1. The lowest BCUT2D eigenvalue weighted by molar-refractivity contribution is -0.0959. The second-order valence-corrected chi connectivity index (χ2v) is 7.51. The predicted octanol–water partition coefficient (Wildman–Crippen LogP) is 3.20. The second-order valence-electron chi connectivity index (χ2n) is 7.51. The fourth-order valence-corrected chi connectivity index (χ4v) is 6.14. The van der Waals surface area contributed by atoms with Gasteiger partial charge >= 0.3 is 0 Å². The van der Waals surface area contributed by atoms with E-state index >= 15 is 0 Å². The van der Waals surface area contributed by atoms with Crippen molar-refractivity contribution >= 4 is 0 Å². The van der Waals surface area contributed by atoms with E-state index in [9.17, 15) is 0 Å². The first kappa shape index (κ1) is 9.94. The highest BCUT2D eigenvalue weighted by molar-refractivity contribution is 5.15. The zero-order chi connectivity index (χ0) is 10.8. The van der Waals surface area contributed by atoms with Crippen LogP contribution in [0, 0.1) is 28.6 Å². The van der Waals surface area contributed by atoms with Crippen molar-refractivity contribution in [3.05, 3.63) is 0 Å². The van der Waals surface area contributed by atoms with Crippen LogP contribution in [0.5, 0.6) is 0 Å². The van der Waals surface area contributed by atoms with E-state index in [0.29, 0.717) is 0 Å². The molecule has 0 aromatic rings. The largest absolute Gasteiger partial charge is 0.319 e. The Morgan fingerprint density at radius 2 is 1.44 bits per heavy atom. The third-order valence-corrected chi connectivity index (χ3v) is 6.53. The number of hydrogen-bond acceptors (Lipinski definition) is 1. The molecule has 5 aliphatic carbocycles. The molecule has 1 nitrogen and oxygen atoms in total. The van der Waals surface area contributed by atoms with Gasteiger partial charge in [0.05, 0.1) is 0 Å². The van der Waals surface area contributed by atoms with Crippen molar-refractivity contribution in [2.24, 2.45) is 28.6 Å². The summed E-state index contributed by atoms with van der Waals surface area (Å²) in [5, 5.41) is 3.50. The van der Waals surface area contributed by atoms with Crippen LogP contribution in [0.4, 0.5) is 0 Å². The van der Waals surface area contributed by atoms with Gasteiger partial charge in [-0.15, -0.1) is 0 Å². The molecule has 5 saturated carbocycles. The van der Waals surface area contributed by atoms with Crippen LogP contribution < -0.4 is 5.32 Å². The summed E-state index contributed by atoms with van der Waals surface area (Å²) in [5.41, 5.74) is 1.54. The summed E-state index contributed by atoms with van der Waals surface area (Å²) in [6, 6.07) is 0. The summed E-state index contributed by atoms with van der Waals surface area (Å²) in [7, 11) is 2.15. The zero-order valence-corrected chi connectivity index (χ0v) is 10.6. The van der Waals surface area contributed by atoms with Gasteiger partial charge in [0.2, 0.25) is 0 Å². The molecule has 0 aromatic heterocycles. The van der Waals surface area contributed by atoms with Crippen molar-refractivity contribution in [3.63, 3.8) is 0 Å². The minimum absolute atomic E-state index is 0.748. The van der Waals surface area contributed by atoms with E-state index in [-0.39, 0.29) is 0 Å². The summed E-state index contributed by atoms with van der Waals surface area (Å²) in [6.07, 6.45) is 12.6. The molecule has 16 heavy (non-hydrogen) atoms. The van der Waals surface area contributed by atoms with Crippen LogP contribution in [0.1, 0.15) is 51.4 Å². The Kier molecular flexibility index (Phi) is 1.89. The van der Waals surface area contributed by atoms with E-state index in [1.807, 2.05) is 0 Å². The van der Waals surface area contributed by atoms with E-state index in [2.05, 4.69) is 12.4 Å². The first-order valence-corrected chi connectivity index (χ1v) is 7.40. The van der Waals surface area contributed by atoms with Gasteiger partial charge in [-0.25, -0.2) is 0 Å². The van der Waals surface area contributed by atoms with E-state index in [4.69, 9.17) is 0 Å². The highest BCUT2D eigenvalue weighted by Gasteiger charge is 2.64. The Labute approximate surface area is 99.4 Å². The molecule has 0 atom stereocenters. The molecule has 0 unspecified atom stereocenters. The molecule has 1 heteroatoms. The quantitative estimate of drug-likeness (QED) is 0.768. The number of rotatable bonds is 3. The molecular formula is C15H25N. The Morgan fingerprint density at radius 1 is 0.938 bits per heavy atom. The Bertz CT molecular complexity index is 267. The zero-order valence-electron chi connectivity index (χ0n) is 10.6. The fraction of sp³-hybridized carbons (Fsp3) is 1.00. The maximum atomic E-state index is 3.50. The minimum atomic E-state index is 0.748. The lowest BCUT2D eigenvalue weighted by Gasteiger charge is -2.60. The van der Waals surface area contributed by atoms with Crippen LogP contribution in [0.25, 0.3) is 0 Å². The second kappa shape index (κ2) is 3.04. The van der Waals surface area contributed by atoms with Gasteiger partial charge in [-0.05, 0) is 87.0 Å². The third-order valence-electron chi connectivity index (χ3n) is 6.53. The maximum Gasteiger partial charge on any atom is 0.00101 e. The van der Waals surface area contributed by atoms with Crippen LogP contribution in [0.3, 0.4) is 0 Å². The fourth-order valence-electron chi connectivity index (χ4n) is 6.14. The summed E-state index contributed by atoms with van der Waals surface area (Å²) >= 11 is 0. The molecule has 0 saturated heterocycles. The Balaban J connectivity index is 1.66. The molecule has 5 aliphatic rings. The van der Waals surface area contributed by atoms with Crippen LogP contribution in [-0.2, 0) is 0 Å². The van der Waals surface area contributed by atoms with Gasteiger partial charge in [-0.1, -0.05) is 0 Å². The molecule has 0 aromatic carbocycles. The summed E-state index contributed by atoms with van der Waals surface area (Å²) in [5.74, 6) is 3.38. The van der Waals surface area contributed by atoms with Gasteiger partial charge in [0, 0.05) is 6.54 Å². The van der Waals surface area contributed by atoms with E-state index < -0.39 is 0 Å². The van der Waals surface area contributed by atoms with Crippen molar-refractivity contribution in [3.8, 4) is 0 Å². The molecule has 5 rings (SSSR count). The lowest BCUT2D eigenvalue weighted by atomic mass is 9.45.